The minimum atomic E-state index is 0.702. The molecular weight excluding hydrogens is 697 g/mol. The van der Waals surface area contributed by atoms with Crippen LogP contribution in [-0.2, 0) is 0 Å². The van der Waals surface area contributed by atoms with E-state index in [-0.39, 0.29) is 0 Å². The van der Waals surface area contributed by atoms with Crippen molar-refractivity contribution >= 4 is 65.6 Å². The van der Waals surface area contributed by atoms with Crippen LogP contribution in [-0.4, -0.2) is 19.1 Å². The third kappa shape index (κ3) is 4.82. The van der Waals surface area contributed by atoms with E-state index >= 15 is 0 Å². The van der Waals surface area contributed by atoms with Crippen LogP contribution in [0.1, 0.15) is 0 Å². The molecule has 0 aliphatic carbocycles. The van der Waals surface area contributed by atoms with Gasteiger partial charge in [-0.25, -0.2) is 9.97 Å². The molecule has 8 aromatic carbocycles. The maximum absolute atomic E-state index is 6.68. The number of rotatable bonds is 5. The Kier molecular flexibility index (Phi) is 6.86. The van der Waals surface area contributed by atoms with Crippen molar-refractivity contribution in [3.05, 3.63) is 194 Å². The maximum Gasteiger partial charge on any atom is 0.160 e. The Bertz CT molecular complexity index is 3450. The first-order valence-electron chi connectivity index (χ1n) is 19.3. The molecule has 4 aromatic heterocycles. The van der Waals surface area contributed by atoms with Gasteiger partial charge in [0.05, 0.1) is 39.1 Å². The van der Waals surface area contributed by atoms with Crippen molar-refractivity contribution in [3.63, 3.8) is 0 Å². The topological polar surface area (TPSA) is 48.8 Å². The SMILES string of the molecule is c1ccc(-c2cc(-c3ccc(-n4c5ccccc5c5ccc6c7ccccc7n(-c7cccc8c7oc7ccccc78)c6c54)cc3)nc(-c3ccccc3)n2)cc1. The third-order valence-electron chi connectivity index (χ3n) is 11.3. The Balaban J connectivity index is 1.11. The highest BCUT2D eigenvalue weighted by Gasteiger charge is 2.23. The summed E-state index contributed by atoms with van der Waals surface area (Å²) in [4.78, 5) is 10.1. The van der Waals surface area contributed by atoms with Gasteiger partial charge in [-0.2, -0.15) is 0 Å². The highest BCUT2D eigenvalue weighted by atomic mass is 16.3. The van der Waals surface area contributed by atoms with Crippen molar-refractivity contribution in [2.45, 2.75) is 0 Å². The van der Waals surface area contributed by atoms with Gasteiger partial charge in [0.2, 0.25) is 0 Å². The van der Waals surface area contributed by atoms with Crippen molar-refractivity contribution in [2.24, 2.45) is 0 Å². The van der Waals surface area contributed by atoms with Gasteiger partial charge in [0.1, 0.15) is 5.58 Å². The molecule has 4 heterocycles. The number of furan rings is 1. The highest BCUT2D eigenvalue weighted by molar-refractivity contribution is 6.24. The van der Waals surface area contributed by atoms with Crippen molar-refractivity contribution in [1.82, 2.24) is 19.1 Å². The molecule has 0 amide bonds. The van der Waals surface area contributed by atoms with Crippen LogP contribution in [0.5, 0.6) is 0 Å². The normalized spacial score (nSPS) is 11.9. The van der Waals surface area contributed by atoms with Crippen LogP contribution < -0.4 is 0 Å². The highest BCUT2D eigenvalue weighted by Crippen LogP contribution is 2.43. The lowest BCUT2D eigenvalue weighted by atomic mass is 10.1. The lowest BCUT2D eigenvalue weighted by Gasteiger charge is -2.14. The van der Waals surface area contributed by atoms with E-state index in [9.17, 15) is 0 Å². The van der Waals surface area contributed by atoms with Gasteiger partial charge in [0, 0.05) is 54.7 Å². The lowest BCUT2D eigenvalue weighted by molar-refractivity contribution is 0.666. The Morgan fingerprint density at radius 2 is 0.895 bits per heavy atom. The predicted molar refractivity (Wildman–Crippen MR) is 234 cm³/mol. The molecule has 0 N–H and O–H groups in total. The number of hydrogen-bond acceptors (Lipinski definition) is 3. The van der Waals surface area contributed by atoms with Crippen molar-refractivity contribution in [3.8, 4) is 45.3 Å². The maximum atomic E-state index is 6.68. The molecule has 57 heavy (non-hydrogen) atoms. The summed E-state index contributed by atoms with van der Waals surface area (Å²) in [6.07, 6.45) is 0. The van der Waals surface area contributed by atoms with Gasteiger partial charge in [-0.1, -0.05) is 152 Å². The molecule has 0 radical (unpaired) electrons. The number of nitrogens with zero attached hydrogens (tertiary/aromatic N) is 4. The Hall–Kier alpha value is -7.76. The van der Waals surface area contributed by atoms with Gasteiger partial charge in [0.15, 0.2) is 11.4 Å². The average molecular weight is 729 g/mol. The zero-order valence-electron chi connectivity index (χ0n) is 30.7. The second kappa shape index (κ2) is 12.4. The van der Waals surface area contributed by atoms with Crippen LogP contribution in [0.2, 0.25) is 0 Å². The molecule has 12 aromatic rings. The van der Waals surface area contributed by atoms with E-state index in [0.29, 0.717) is 5.82 Å². The van der Waals surface area contributed by atoms with Crippen molar-refractivity contribution in [2.75, 3.05) is 0 Å². The van der Waals surface area contributed by atoms with Crippen molar-refractivity contribution < 1.29 is 4.42 Å². The standard InChI is InChI=1S/C52H32N4O/c1-3-14-33(15-4-1)43-32-44(54-52(53-43)35-16-5-2-6-17-35)34-26-28-36(29-27-34)55-45-22-10-7-18-37(45)40-30-31-41-38-19-8-11-23-46(38)56(50(41)49(40)55)47-24-13-21-42-39-20-9-12-25-48(39)57-51(42)47/h1-32H. The second-order valence-corrected chi connectivity index (χ2v) is 14.6. The van der Waals surface area contributed by atoms with E-state index in [0.717, 1.165) is 83.5 Å². The van der Waals surface area contributed by atoms with E-state index in [1.165, 1.54) is 21.5 Å². The summed E-state index contributed by atoms with van der Waals surface area (Å²) in [6.45, 7) is 0. The Morgan fingerprint density at radius 3 is 1.58 bits per heavy atom. The van der Waals surface area contributed by atoms with Gasteiger partial charge in [-0.05, 0) is 42.5 Å². The summed E-state index contributed by atoms with van der Waals surface area (Å²) >= 11 is 0. The zero-order chi connectivity index (χ0) is 37.5. The van der Waals surface area contributed by atoms with Crippen LogP contribution in [0, 0.1) is 0 Å². The van der Waals surface area contributed by atoms with E-state index in [1.54, 1.807) is 0 Å². The molecule has 0 aliphatic rings. The first-order chi connectivity index (χ1) is 28.3. The van der Waals surface area contributed by atoms with Crippen LogP contribution in [0.15, 0.2) is 199 Å². The largest absolute Gasteiger partial charge is 0.454 e. The molecule has 0 spiro atoms. The third-order valence-corrected chi connectivity index (χ3v) is 11.3. The summed E-state index contributed by atoms with van der Waals surface area (Å²) in [5, 5.41) is 7.00. The van der Waals surface area contributed by atoms with Crippen molar-refractivity contribution in [1.29, 1.82) is 0 Å². The molecule has 0 saturated carbocycles. The van der Waals surface area contributed by atoms with E-state index in [1.807, 2.05) is 42.5 Å². The number of hydrogen-bond donors (Lipinski definition) is 0. The molecule has 0 unspecified atom stereocenters. The second-order valence-electron chi connectivity index (χ2n) is 14.6. The lowest BCUT2D eigenvalue weighted by Crippen LogP contribution is -1.99. The summed E-state index contributed by atoms with van der Waals surface area (Å²) in [7, 11) is 0. The number of aromatic nitrogens is 4. The zero-order valence-corrected chi connectivity index (χ0v) is 30.7. The number of fused-ring (bicyclic) bond motifs is 10. The summed E-state index contributed by atoms with van der Waals surface area (Å²) < 4.78 is 11.5. The van der Waals surface area contributed by atoms with E-state index in [2.05, 4.69) is 161 Å². The summed E-state index contributed by atoms with van der Waals surface area (Å²) in [6, 6.07) is 68.3. The van der Waals surface area contributed by atoms with E-state index < -0.39 is 0 Å². The Morgan fingerprint density at radius 1 is 0.368 bits per heavy atom. The first kappa shape index (κ1) is 31.6. The van der Waals surface area contributed by atoms with Gasteiger partial charge >= 0.3 is 0 Å². The van der Waals surface area contributed by atoms with Gasteiger partial charge in [0.25, 0.3) is 0 Å². The van der Waals surface area contributed by atoms with Gasteiger partial charge < -0.3 is 13.6 Å². The van der Waals surface area contributed by atoms with E-state index in [4.69, 9.17) is 14.4 Å². The molecule has 5 nitrogen and oxygen atoms in total. The minimum Gasteiger partial charge on any atom is -0.454 e. The van der Waals surface area contributed by atoms with Crippen LogP contribution in [0.25, 0.3) is 111 Å². The molecular formula is C52H32N4O. The first-order valence-corrected chi connectivity index (χ1v) is 19.3. The number of para-hydroxylation sites is 4. The van der Waals surface area contributed by atoms with Gasteiger partial charge in [-0.3, -0.25) is 0 Å². The number of benzene rings is 8. The van der Waals surface area contributed by atoms with Gasteiger partial charge in [-0.15, -0.1) is 0 Å². The molecule has 0 aliphatic heterocycles. The molecule has 0 saturated heterocycles. The monoisotopic (exact) mass is 728 g/mol. The fourth-order valence-corrected chi connectivity index (χ4v) is 8.78. The Labute approximate surface area is 327 Å². The van der Waals surface area contributed by atoms with Crippen LogP contribution >= 0.6 is 0 Å². The van der Waals surface area contributed by atoms with Crippen LogP contribution in [0.3, 0.4) is 0 Å². The molecule has 0 atom stereocenters. The fraction of sp³-hybridized carbons (Fsp3) is 0. The minimum absolute atomic E-state index is 0.702. The fourth-order valence-electron chi connectivity index (χ4n) is 8.78. The van der Waals surface area contributed by atoms with Crippen LogP contribution in [0.4, 0.5) is 0 Å². The summed E-state index contributed by atoms with van der Waals surface area (Å²) in [5.41, 5.74) is 13.2. The smallest absolute Gasteiger partial charge is 0.160 e. The molecule has 0 fully saturated rings. The molecule has 12 rings (SSSR count). The quantitative estimate of drug-likeness (QED) is 0.177. The molecule has 5 heteroatoms. The summed E-state index contributed by atoms with van der Waals surface area (Å²) in [5.74, 6) is 0.702. The molecule has 266 valence electrons. The molecule has 0 bridgehead atoms. The predicted octanol–water partition coefficient (Wildman–Crippen LogP) is 13.6. The average Bonchev–Trinajstić information content (AvgIpc) is 3.95.